The van der Waals surface area contributed by atoms with Crippen LogP contribution in [0, 0.1) is 13.8 Å². The molecule has 0 fully saturated rings. The Morgan fingerprint density at radius 2 is 1.76 bits per heavy atom. The molecule has 0 saturated carbocycles. The first-order valence-electron chi connectivity index (χ1n) is 9.60. The molecule has 0 atom stereocenters. The molecule has 7 nitrogen and oxygen atoms in total. The van der Waals surface area contributed by atoms with Crippen molar-refractivity contribution < 1.29 is 9.47 Å². The molecule has 150 valence electrons. The molecule has 0 spiro atoms. The second kappa shape index (κ2) is 7.95. The number of rotatable bonds is 5. The number of nitrogens with one attached hydrogen (secondary N) is 1. The molecule has 1 aromatic heterocycles. The van der Waals surface area contributed by atoms with Gasteiger partial charge in [-0.1, -0.05) is 12.1 Å². The van der Waals surface area contributed by atoms with Crippen molar-refractivity contribution in [2.45, 2.75) is 26.8 Å². The normalized spacial score (nSPS) is 13.0. The van der Waals surface area contributed by atoms with Gasteiger partial charge in [0.1, 0.15) is 0 Å². The Morgan fingerprint density at radius 1 is 1.00 bits per heavy atom. The average molecular weight is 391 g/mol. The lowest BCUT2D eigenvalue weighted by molar-refractivity contribution is 0.353. The molecule has 1 aliphatic heterocycles. The van der Waals surface area contributed by atoms with Crippen molar-refractivity contribution in [3.63, 3.8) is 0 Å². The largest absolute Gasteiger partial charge is 0.493 e. The summed E-state index contributed by atoms with van der Waals surface area (Å²) < 4.78 is 10.9. The summed E-state index contributed by atoms with van der Waals surface area (Å²) in [6.45, 7) is 5.66. The van der Waals surface area contributed by atoms with Crippen LogP contribution in [0.15, 0.2) is 36.5 Å². The number of ether oxygens (including phenoxy) is 2. The number of benzene rings is 2. The number of fused-ring (bicyclic) bond motifs is 1. The van der Waals surface area contributed by atoms with Crippen LogP contribution in [0.5, 0.6) is 11.5 Å². The number of hydrogen-bond donors (Lipinski definition) is 1. The van der Waals surface area contributed by atoms with E-state index in [9.17, 15) is 0 Å². The standard InChI is InChI=1S/C22H25N5O2/c1-14-5-6-15(2)18(9-14)24-21-12-23-26-22(25-21)27-8-7-16-10-19(28-3)20(29-4)11-17(16)13-27/h5-6,9-12H,7-8,13H2,1-4H3,(H,24,25,26). The number of anilines is 3. The molecule has 1 N–H and O–H groups in total. The number of hydrogen-bond acceptors (Lipinski definition) is 7. The molecule has 0 amide bonds. The Morgan fingerprint density at radius 3 is 2.52 bits per heavy atom. The highest BCUT2D eigenvalue weighted by molar-refractivity contribution is 5.61. The van der Waals surface area contributed by atoms with Crippen LogP contribution >= 0.6 is 0 Å². The van der Waals surface area contributed by atoms with Gasteiger partial charge in [-0.05, 0) is 60.7 Å². The summed E-state index contributed by atoms with van der Waals surface area (Å²) in [4.78, 5) is 6.83. The highest BCUT2D eigenvalue weighted by Crippen LogP contribution is 2.34. The van der Waals surface area contributed by atoms with Crippen molar-refractivity contribution in [2.75, 3.05) is 31.0 Å². The number of nitrogens with zero attached hydrogens (tertiary/aromatic N) is 4. The van der Waals surface area contributed by atoms with Crippen LogP contribution < -0.4 is 19.7 Å². The zero-order valence-electron chi connectivity index (χ0n) is 17.2. The zero-order chi connectivity index (χ0) is 20.4. The van der Waals surface area contributed by atoms with E-state index >= 15 is 0 Å². The Balaban J connectivity index is 1.57. The lowest BCUT2D eigenvalue weighted by Gasteiger charge is -2.29. The molecule has 0 radical (unpaired) electrons. The van der Waals surface area contributed by atoms with Crippen LogP contribution in [-0.2, 0) is 13.0 Å². The van der Waals surface area contributed by atoms with Gasteiger partial charge in [0.15, 0.2) is 17.3 Å². The fourth-order valence-corrected chi connectivity index (χ4v) is 3.55. The quantitative estimate of drug-likeness (QED) is 0.709. The van der Waals surface area contributed by atoms with Crippen molar-refractivity contribution in [3.05, 3.63) is 58.8 Å². The van der Waals surface area contributed by atoms with E-state index in [2.05, 4.69) is 58.5 Å². The monoisotopic (exact) mass is 391 g/mol. The van der Waals surface area contributed by atoms with Crippen molar-refractivity contribution >= 4 is 17.5 Å². The molecule has 0 saturated heterocycles. The number of aryl methyl sites for hydroxylation is 2. The van der Waals surface area contributed by atoms with Gasteiger partial charge in [-0.15, -0.1) is 5.10 Å². The van der Waals surface area contributed by atoms with E-state index in [-0.39, 0.29) is 0 Å². The van der Waals surface area contributed by atoms with E-state index in [4.69, 9.17) is 14.5 Å². The van der Waals surface area contributed by atoms with Crippen LogP contribution in [-0.4, -0.2) is 35.9 Å². The van der Waals surface area contributed by atoms with Crippen molar-refractivity contribution in [3.8, 4) is 11.5 Å². The van der Waals surface area contributed by atoms with Gasteiger partial charge in [-0.3, -0.25) is 0 Å². The van der Waals surface area contributed by atoms with Gasteiger partial charge in [-0.2, -0.15) is 10.1 Å². The Labute approximate surface area is 170 Å². The average Bonchev–Trinajstić information content (AvgIpc) is 2.75. The summed E-state index contributed by atoms with van der Waals surface area (Å²) in [5, 5.41) is 11.8. The molecule has 4 rings (SSSR count). The first-order chi connectivity index (χ1) is 14.1. The summed E-state index contributed by atoms with van der Waals surface area (Å²) >= 11 is 0. The Kier molecular flexibility index (Phi) is 5.20. The maximum absolute atomic E-state index is 5.45. The van der Waals surface area contributed by atoms with E-state index in [1.165, 1.54) is 16.7 Å². The second-order valence-corrected chi connectivity index (χ2v) is 7.23. The van der Waals surface area contributed by atoms with Gasteiger partial charge in [0.25, 0.3) is 0 Å². The number of methoxy groups -OCH3 is 2. The summed E-state index contributed by atoms with van der Waals surface area (Å²) in [7, 11) is 3.31. The van der Waals surface area contributed by atoms with E-state index in [1.807, 2.05) is 6.07 Å². The van der Waals surface area contributed by atoms with Crippen molar-refractivity contribution in [2.24, 2.45) is 0 Å². The Hall–Kier alpha value is -3.35. The van der Waals surface area contributed by atoms with Gasteiger partial charge in [0.05, 0.1) is 20.4 Å². The van der Waals surface area contributed by atoms with E-state index in [0.29, 0.717) is 18.3 Å². The highest BCUT2D eigenvalue weighted by atomic mass is 16.5. The minimum Gasteiger partial charge on any atom is -0.493 e. The maximum atomic E-state index is 5.45. The molecular formula is C22H25N5O2. The molecule has 0 unspecified atom stereocenters. The van der Waals surface area contributed by atoms with Gasteiger partial charge in [-0.25, -0.2) is 0 Å². The van der Waals surface area contributed by atoms with Crippen LogP contribution in [0.25, 0.3) is 0 Å². The molecule has 29 heavy (non-hydrogen) atoms. The molecule has 0 bridgehead atoms. The number of aromatic nitrogens is 3. The van der Waals surface area contributed by atoms with Gasteiger partial charge >= 0.3 is 0 Å². The van der Waals surface area contributed by atoms with E-state index in [0.717, 1.165) is 35.7 Å². The van der Waals surface area contributed by atoms with Crippen LogP contribution in [0.2, 0.25) is 0 Å². The fraction of sp³-hybridized carbons (Fsp3) is 0.318. The predicted octanol–water partition coefficient (Wildman–Crippen LogP) is 3.81. The second-order valence-electron chi connectivity index (χ2n) is 7.23. The van der Waals surface area contributed by atoms with Gasteiger partial charge in [0, 0.05) is 18.8 Å². The summed E-state index contributed by atoms with van der Waals surface area (Å²) in [6, 6.07) is 10.4. The third kappa shape index (κ3) is 3.94. The molecule has 3 aromatic rings. The molecule has 2 heterocycles. The predicted molar refractivity (Wildman–Crippen MR) is 113 cm³/mol. The molecular weight excluding hydrogens is 366 g/mol. The zero-order valence-corrected chi connectivity index (χ0v) is 17.2. The van der Waals surface area contributed by atoms with E-state index in [1.54, 1.807) is 20.4 Å². The molecule has 1 aliphatic rings. The van der Waals surface area contributed by atoms with Crippen LogP contribution in [0.4, 0.5) is 17.5 Å². The Bertz CT molecular complexity index is 1040. The van der Waals surface area contributed by atoms with Crippen molar-refractivity contribution in [1.29, 1.82) is 0 Å². The van der Waals surface area contributed by atoms with Gasteiger partial charge < -0.3 is 19.7 Å². The first kappa shape index (κ1) is 19.0. The lowest BCUT2D eigenvalue weighted by Crippen LogP contribution is -2.32. The van der Waals surface area contributed by atoms with Crippen LogP contribution in [0.1, 0.15) is 22.3 Å². The fourth-order valence-electron chi connectivity index (χ4n) is 3.55. The highest BCUT2D eigenvalue weighted by Gasteiger charge is 2.21. The minimum atomic E-state index is 0.612. The third-order valence-corrected chi connectivity index (χ3v) is 5.20. The van der Waals surface area contributed by atoms with Crippen molar-refractivity contribution in [1.82, 2.24) is 15.2 Å². The molecule has 7 heteroatoms. The SMILES string of the molecule is COc1cc2c(cc1OC)CN(c1nncc(Nc3cc(C)ccc3C)n1)CC2. The summed E-state index contributed by atoms with van der Waals surface area (Å²) in [5.74, 6) is 2.79. The van der Waals surface area contributed by atoms with Gasteiger partial charge in [0.2, 0.25) is 5.95 Å². The molecule has 2 aromatic carbocycles. The van der Waals surface area contributed by atoms with E-state index < -0.39 is 0 Å². The third-order valence-electron chi connectivity index (χ3n) is 5.20. The molecule has 0 aliphatic carbocycles. The lowest BCUT2D eigenvalue weighted by atomic mass is 9.99. The first-order valence-corrected chi connectivity index (χ1v) is 9.60. The maximum Gasteiger partial charge on any atom is 0.247 e. The summed E-state index contributed by atoms with van der Waals surface area (Å²) in [5.41, 5.74) is 5.82. The summed E-state index contributed by atoms with van der Waals surface area (Å²) in [6.07, 6.45) is 2.53. The smallest absolute Gasteiger partial charge is 0.247 e. The topological polar surface area (TPSA) is 72.4 Å². The minimum absolute atomic E-state index is 0.612. The van der Waals surface area contributed by atoms with Crippen LogP contribution in [0.3, 0.4) is 0 Å².